The molecule has 0 radical (unpaired) electrons. The number of hydrogen-bond acceptors (Lipinski definition) is 2. The fourth-order valence-electron chi connectivity index (χ4n) is 1.86. The molecule has 0 aromatic heterocycles. The Bertz CT molecular complexity index is 274. The minimum atomic E-state index is -0.706. The molecule has 84 valence electrons. The molecule has 2 N–H and O–H groups in total. The van der Waals surface area contributed by atoms with Crippen LogP contribution in [0, 0.1) is 5.92 Å². The van der Waals surface area contributed by atoms with Gasteiger partial charge in [-0.2, -0.15) is 0 Å². The zero-order chi connectivity index (χ0) is 11.3. The summed E-state index contributed by atoms with van der Waals surface area (Å²) in [5.74, 6) is 0.132. The van der Waals surface area contributed by atoms with Gasteiger partial charge in [0, 0.05) is 6.61 Å². The summed E-state index contributed by atoms with van der Waals surface area (Å²) in [6, 6.07) is 10.1. The summed E-state index contributed by atoms with van der Waals surface area (Å²) in [4.78, 5) is 0. The predicted molar refractivity (Wildman–Crippen MR) is 61.6 cm³/mol. The van der Waals surface area contributed by atoms with E-state index in [4.69, 9.17) is 0 Å². The van der Waals surface area contributed by atoms with Crippen molar-refractivity contribution >= 4 is 0 Å². The number of aliphatic hydroxyl groups is 2. The normalized spacial score (nSPS) is 13.9. The molecule has 0 heterocycles. The number of aliphatic hydroxyl groups excluding tert-OH is 1. The van der Waals surface area contributed by atoms with Crippen LogP contribution < -0.4 is 0 Å². The molecule has 0 unspecified atom stereocenters. The van der Waals surface area contributed by atoms with Gasteiger partial charge in [0.25, 0.3) is 0 Å². The lowest BCUT2D eigenvalue weighted by atomic mass is 9.89. The summed E-state index contributed by atoms with van der Waals surface area (Å²) in [7, 11) is 0. The third-order valence-corrected chi connectivity index (χ3v) is 2.41. The molecular formula is C13H20O2. The van der Waals surface area contributed by atoms with Crippen LogP contribution in [-0.2, 0) is 6.42 Å². The van der Waals surface area contributed by atoms with E-state index in [1.807, 2.05) is 30.3 Å². The van der Waals surface area contributed by atoms with Crippen LogP contribution in [0.25, 0.3) is 0 Å². The van der Waals surface area contributed by atoms with Crippen molar-refractivity contribution in [2.24, 2.45) is 5.92 Å². The van der Waals surface area contributed by atoms with Crippen LogP contribution in [0.2, 0.25) is 0 Å². The highest BCUT2D eigenvalue weighted by molar-refractivity contribution is 5.15. The third kappa shape index (κ3) is 4.96. The smallest absolute Gasteiger partial charge is 0.0595 e. The number of rotatable bonds is 5. The molecule has 0 aliphatic rings. The van der Waals surface area contributed by atoms with Crippen molar-refractivity contribution in [1.29, 1.82) is 0 Å². The Morgan fingerprint density at radius 3 is 2.27 bits per heavy atom. The van der Waals surface area contributed by atoms with Gasteiger partial charge < -0.3 is 10.2 Å². The van der Waals surface area contributed by atoms with Gasteiger partial charge in [0.15, 0.2) is 0 Å². The van der Waals surface area contributed by atoms with E-state index in [0.717, 1.165) is 6.42 Å². The van der Waals surface area contributed by atoms with Crippen molar-refractivity contribution in [3.63, 3.8) is 0 Å². The predicted octanol–water partition coefficient (Wildman–Crippen LogP) is 2.00. The van der Waals surface area contributed by atoms with Gasteiger partial charge in [-0.3, -0.25) is 0 Å². The number of benzene rings is 1. The van der Waals surface area contributed by atoms with Crippen LogP contribution >= 0.6 is 0 Å². The standard InChI is InChI=1S/C13H20O2/c1-13(2,15)9-12(10-14)8-11-6-4-3-5-7-11/h3-7,12,14-15H,8-10H2,1-2H3/t12-/m0/s1. The molecule has 0 amide bonds. The van der Waals surface area contributed by atoms with Crippen LogP contribution in [0.1, 0.15) is 25.8 Å². The lowest BCUT2D eigenvalue weighted by Crippen LogP contribution is -2.26. The van der Waals surface area contributed by atoms with E-state index >= 15 is 0 Å². The van der Waals surface area contributed by atoms with E-state index in [1.165, 1.54) is 5.56 Å². The highest BCUT2D eigenvalue weighted by Gasteiger charge is 2.19. The number of hydrogen-bond donors (Lipinski definition) is 2. The first-order valence-electron chi connectivity index (χ1n) is 5.38. The first-order valence-corrected chi connectivity index (χ1v) is 5.38. The highest BCUT2D eigenvalue weighted by Crippen LogP contribution is 2.19. The van der Waals surface area contributed by atoms with E-state index in [2.05, 4.69) is 0 Å². The molecule has 0 bridgehead atoms. The second kappa shape index (κ2) is 5.29. The SMILES string of the molecule is CC(C)(O)C[C@@H](CO)Cc1ccccc1. The van der Waals surface area contributed by atoms with E-state index in [0.29, 0.717) is 6.42 Å². The monoisotopic (exact) mass is 208 g/mol. The van der Waals surface area contributed by atoms with E-state index in [-0.39, 0.29) is 12.5 Å². The molecule has 1 aromatic rings. The first-order chi connectivity index (χ1) is 7.01. The molecule has 0 spiro atoms. The minimum Gasteiger partial charge on any atom is -0.396 e. The van der Waals surface area contributed by atoms with Crippen molar-refractivity contribution in [1.82, 2.24) is 0 Å². The summed E-state index contributed by atoms with van der Waals surface area (Å²) >= 11 is 0. The van der Waals surface area contributed by atoms with E-state index < -0.39 is 5.60 Å². The minimum absolute atomic E-state index is 0.124. The Hall–Kier alpha value is -0.860. The van der Waals surface area contributed by atoms with Crippen LogP contribution in [0.3, 0.4) is 0 Å². The molecule has 0 saturated heterocycles. The second-order valence-corrected chi connectivity index (χ2v) is 4.75. The lowest BCUT2D eigenvalue weighted by Gasteiger charge is -2.23. The molecule has 0 saturated carbocycles. The van der Waals surface area contributed by atoms with Crippen molar-refractivity contribution in [2.75, 3.05) is 6.61 Å². The molecule has 0 fully saturated rings. The zero-order valence-electron chi connectivity index (χ0n) is 9.48. The molecule has 1 atom stereocenters. The van der Waals surface area contributed by atoms with Gasteiger partial charge in [0.05, 0.1) is 5.60 Å². The van der Waals surface area contributed by atoms with Crippen molar-refractivity contribution < 1.29 is 10.2 Å². The summed E-state index contributed by atoms with van der Waals surface area (Å²) in [6.07, 6.45) is 1.44. The fraction of sp³-hybridized carbons (Fsp3) is 0.538. The second-order valence-electron chi connectivity index (χ2n) is 4.75. The van der Waals surface area contributed by atoms with Gasteiger partial charge in [-0.25, -0.2) is 0 Å². The first kappa shape index (κ1) is 12.2. The highest BCUT2D eigenvalue weighted by atomic mass is 16.3. The van der Waals surface area contributed by atoms with Crippen molar-refractivity contribution in [3.05, 3.63) is 35.9 Å². The topological polar surface area (TPSA) is 40.5 Å². The largest absolute Gasteiger partial charge is 0.396 e. The van der Waals surface area contributed by atoms with E-state index in [1.54, 1.807) is 13.8 Å². The maximum absolute atomic E-state index is 9.69. The average Bonchev–Trinajstić information content (AvgIpc) is 2.16. The Balaban J connectivity index is 2.55. The van der Waals surface area contributed by atoms with Gasteiger partial charge >= 0.3 is 0 Å². The Morgan fingerprint density at radius 1 is 1.20 bits per heavy atom. The summed E-state index contributed by atoms with van der Waals surface area (Å²) < 4.78 is 0. The van der Waals surface area contributed by atoms with Gasteiger partial charge in [-0.15, -0.1) is 0 Å². The molecule has 0 aliphatic carbocycles. The van der Waals surface area contributed by atoms with Crippen LogP contribution in [0.5, 0.6) is 0 Å². The van der Waals surface area contributed by atoms with Gasteiger partial charge in [-0.1, -0.05) is 30.3 Å². The molecule has 1 rings (SSSR count). The zero-order valence-corrected chi connectivity index (χ0v) is 9.48. The maximum Gasteiger partial charge on any atom is 0.0595 e. The van der Waals surface area contributed by atoms with Gasteiger partial charge in [-0.05, 0) is 38.2 Å². The summed E-state index contributed by atoms with van der Waals surface area (Å²) in [6.45, 7) is 3.68. The van der Waals surface area contributed by atoms with Crippen LogP contribution in [-0.4, -0.2) is 22.4 Å². The van der Waals surface area contributed by atoms with Crippen molar-refractivity contribution in [3.8, 4) is 0 Å². The summed E-state index contributed by atoms with van der Waals surface area (Å²) in [5, 5.41) is 18.9. The van der Waals surface area contributed by atoms with Crippen LogP contribution in [0.15, 0.2) is 30.3 Å². The van der Waals surface area contributed by atoms with Gasteiger partial charge in [0.1, 0.15) is 0 Å². The third-order valence-electron chi connectivity index (χ3n) is 2.41. The molecule has 1 aromatic carbocycles. The van der Waals surface area contributed by atoms with Crippen LogP contribution in [0.4, 0.5) is 0 Å². The summed E-state index contributed by atoms with van der Waals surface area (Å²) in [5.41, 5.74) is 0.503. The Labute approximate surface area is 91.6 Å². The lowest BCUT2D eigenvalue weighted by molar-refractivity contribution is 0.0401. The molecule has 15 heavy (non-hydrogen) atoms. The van der Waals surface area contributed by atoms with E-state index in [9.17, 15) is 10.2 Å². The maximum atomic E-state index is 9.69. The van der Waals surface area contributed by atoms with Crippen molar-refractivity contribution in [2.45, 2.75) is 32.3 Å². The average molecular weight is 208 g/mol. The van der Waals surface area contributed by atoms with Gasteiger partial charge in [0.2, 0.25) is 0 Å². The Kier molecular flexibility index (Phi) is 4.30. The molecule has 2 nitrogen and oxygen atoms in total. The fourth-order valence-corrected chi connectivity index (χ4v) is 1.86. The molecular weight excluding hydrogens is 188 g/mol. The Morgan fingerprint density at radius 2 is 1.80 bits per heavy atom. The quantitative estimate of drug-likeness (QED) is 0.777. The molecule has 0 aliphatic heterocycles. The molecule has 2 heteroatoms.